The Morgan fingerprint density at radius 1 is 1.25 bits per heavy atom. The van der Waals surface area contributed by atoms with Crippen molar-refractivity contribution in [1.82, 2.24) is 15.3 Å². The second-order valence-electron chi connectivity index (χ2n) is 4.92. The summed E-state index contributed by atoms with van der Waals surface area (Å²) in [5, 5.41) is 3.43. The van der Waals surface area contributed by atoms with Gasteiger partial charge in [-0.25, -0.2) is 14.4 Å². The van der Waals surface area contributed by atoms with Crippen LogP contribution in [0.3, 0.4) is 0 Å². The van der Waals surface area contributed by atoms with E-state index in [2.05, 4.69) is 29.1 Å². The van der Waals surface area contributed by atoms with E-state index in [4.69, 9.17) is 0 Å². The Labute approximate surface area is 119 Å². The average molecular weight is 273 g/mol. The molecule has 0 saturated carbocycles. The first kappa shape index (κ1) is 14.6. The van der Waals surface area contributed by atoms with E-state index in [0.29, 0.717) is 5.82 Å². The molecule has 1 aromatic carbocycles. The molecule has 0 spiro atoms. The first-order chi connectivity index (χ1) is 9.61. The number of hydrogen-bond donors (Lipinski definition) is 1. The van der Waals surface area contributed by atoms with Gasteiger partial charge in [0.1, 0.15) is 5.82 Å². The normalized spacial score (nSPS) is 12.4. The zero-order valence-electron chi connectivity index (χ0n) is 12.2. The van der Waals surface area contributed by atoms with Crippen LogP contribution >= 0.6 is 0 Å². The molecular formula is C16H20FN3. The summed E-state index contributed by atoms with van der Waals surface area (Å²) in [7, 11) is 0. The number of nitrogens with zero attached hydrogens (tertiary/aromatic N) is 2. The third-order valence-corrected chi connectivity index (χ3v) is 3.29. The number of hydrogen-bond acceptors (Lipinski definition) is 3. The van der Waals surface area contributed by atoms with E-state index in [9.17, 15) is 4.39 Å². The second kappa shape index (κ2) is 6.57. The fraction of sp³-hybridized carbons (Fsp3) is 0.375. The second-order valence-corrected chi connectivity index (χ2v) is 4.92. The highest BCUT2D eigenvalue weighted by Gasteiger charge is 2.11. The van der Waals surface area contributed by atoms with Crippen molar-refractivity contribution < 1.29 is 4.39 Å². The van der Waals surface area contributed by atoms with Crippen LogP contribution in [0.25, 0.3) is 11.4 Å². The molecule has 2 aromatic rings. The van der Waals surface area contributed by atoms with Crippen LogP contribution in [-0.2, 0) is 0 Å². The molecule has 1 heterocycles. The van der Waals surface area contributed by atoms with E-state index in [-0.39, 0.29) is 11.9 Å². The predicted octanol–water partition coefficient (Wildman–Crippen LogP) is 3.65. The van der Waals surface area contributed by atoms with Crippen LogP contribution in [0.4, 0.5) is 4.39 Å². The molecule has 20 heavy (non-hydrogen) atoms. The van der Waals surface area contributed by atoms with Gasteiger partial charge >= 0.3 is 0 Å². The molecule has 1 atom stereocenters. The summed E-state index contributed by atoms with van der Waals surface area (Å²) in [4.78, 5) is 8.92. The van der Waals surface area contributed by atoms with E-state index in [1.807, 2.05) is 13.1 Å². The third-order valence-electron chi connectivity index (χ3n) is 3.29. The summed E-state index contributed by atoms with van der Waals surface area (Å²) in [6, 6.07) is 6.48. The Morgan fingerprint density at radius 3 is 2.55 bits per heavy atom. The lowest BCUT2D eigenvalue weighted by atomic mass is 10.1. The molecule has 2 rings (SSSR count). The Kier molecular flexibility index (Phi) is 4.79. The van der Waals surface area contributed by atoms with E-state index in [1.165, 1.54) is 12.1 Å². The van der Waals surface area contributed by atoms with E-state index in [1.54, 1.807) is 12.1 Å². The highest BCUT2D eigenvalue weighted by Crippen LogP contribution is 2.20. The largest absolute Gasteiger partial charge is 0.310 e. The molecule has 0 radical (unpaired) electrons. The zero-order chi connectivity index (χ0) is 14.5. The summed E-state index contributed by atoms with van der Waals surface area (Å²) in [5.41, 5.74) is 2.88. The SMILES string of the molecule is CCCNC(C)c1cnc(-c2ccc(F)cc2)nc1C. The van der Waals surface area contributed by atoms with Gasteiger partial charge in [0.05, 0.1) is 0 Å². The van der Waals surface area contributed by atoms with Gasteiger partial charge in [-0.15, -0.1) is 0 Å². The van der Waals surface area contributed by atoms with Gasteiger partial charge in [0.15, 0.2) is 5.82 Å². The van der Waals surface area contributed by atoms with Crippen LogP contribution in [0.5, 0.6) is 0 Å². The molecule has 0 saturated heterocycles. The van der Waals surface area contributed by atoms with Crippen molar-refractivity contribution in [2.24, 2.45) is 0 Å². The number of aromatic nitrogens is 2. The Bertz CT molecular complexity index is 566. The van der Waals surface area contributed by atoms with Crippen LogP contribution in [0.15, 0.2) is 30.5 Å². The van der Waals surface area contributed by atoms with Gasteiger partial charge < -0.3 is 5.32 Å². The molecule has 1 aromatic heterocycles. The third kappa shape index (κ3) is 3.39. The van der Waals surface area contributed by atoms with Crippen LogP contribution < -0.4 is 5.32 Å². The van der Waals surface area contributed by atoms with Gasteiger partial charge in [-0.05, 0) is 51.1 Å². The summed E-state index contributed by atoms with van der Waals surface area (Å²) in [5.74, 6) is 0.383. The van der Waals surface area contributed by atoms with E-state index in [0.717, 1.165) is 29.8 Å². The highest BCUT2D eigenvalue weighted by molar-refractivity contribution is 5.54. The maximum Gasteiger partial charge on any atom is 0.159 e. The van der Waals surface area contributed by atoms with Crippen LogP contribution in [-0.4, -0.2) is 16.5 Å². The summed E-state index contributed by atoms with van der Waals surface area (Å²) in [6.07, 6.45) is 2.95. The van der Waals surface area contributed by atoms with E-state index >= 15 is 0 Å². The lowest BCUT2D eigenvalue weighted by Crippen LogP contribution is -2.20. The summed E-state index contributed by atoms with van der Waals surface area (Å²) in [6.45, 7) is 7.20. The number of nitrogens with one attached hydrogen (secondary N) is 1. The minimum absolute atomic E-state index is 0.234. The summed E-state index contributed by atoms with van der Waals surface area (Å²) >= 11 is 0. The molecule has 106 valence electrons. The van der Waals surface area contributed by atoms with Crippen molar-refractivity contribution in [3.8, 4) is 11.4 Å². The van der Waals surface area contributed by atoms with Gasteiger partial charge in [-0.3, -0.25) is 0 Å². The van der Waals surface area contributed by atoms with Crippen molar-refractivity contribution in [3.63, 3.8) is 0 Å². The first-order valence-corrected chi connectivity index (χ1v) is 6.94. The fourth-order valence-electron chi connectivity index (χ4n) is 2.11. The molecular weight excluding hydrogens is 253 g/mol. The Balaban J connectivity index is 2.23. The molecule has 3 nitrogen and oxygen atoms in total. The molecule has 1 unspecified atom stereocenters. The average Bonchev–Trinajstić information content (AvgIpc) is 2.45. The van der Waals surface area contributed by atoms with Crippen molar-refractivity contribution >= 4 is 0 Å². The number of halogens is 1. The summed E-state index contributed by atoms with van der Waals surface area (Å²) < 4.78 is 12.9. The topological polar surface area (TPSA) is 37.8 Å². The predicted molar refractivity (Wildman–Crippen MR) is 78.9 cm³/mol. The van der Waals surface area contributed by atoms with Gasteiger partial charge in [-0.2, -0.15) is 0 Å². The monoisotopic (exact) mass is 273 g/mol. The minimum Gasteiger partial charge on any atom is -0.310 e. The molecule has 0 bridgehead atoms. The van der Waals surface area contributed by atoms with Crippen LogP contribution in [0.2, 0.25) is 0 Å². The number of benzene rings is 1. The lowest BCUT2D eigenvalue weighted by Gasteiger charge is -2.15. The van der Waals surface area contributed by atoms with Gasteiger partial charge in [0.25, 0.3) is 0 Å². The zero-order valence-corrected chi connectivity index (χ0v) is 12.2. The molecule has 0 amide bonds. The Morgan fingerprint density at radius 2 is 1.95 bits per heavy atom. The van der Waals surface area contributed by atoms with Crippen LogP contribution in [0.1, 0.15) is 37.6 Å². The van der Waals surface area contributed by atoms with E-state index < -0.39 is 0 Å². The standard InChI is InChI=1S/C16H20FN3/c1-4-9-18-11(2)15-10-19-16(20-12(15)3)13-5-7-14(17)8-6-13/h5-8,10-11,18H,4,9H2,1-3H3. The molecule has 1 N–H and O–H groups in total. The van der Waals surface area contributed by atoms with Crippen molar-refractivity contribution in [2.45, 2.75) is 33.2 Å². The minimum atomic E-state index is -0.250. The van der Waals surface area contributed by atoms with Gasteiger partial charge in [0, 0.05) is 29.1 Å². The molecule has 0 fully saturated rings. The number of aryl methyl sites for hydroxylation is 1. The quantitative estimate of drug-likeness (QED) is 0.903. The smallest absolute Gasteiger partial charge is 0.159 e. The first-order valence-electron chi connectivity index (χ1n) is 6.94. The van der Waals surface area contributed by atoms with Gasteiger partial charge in [0.2, 0.25) is 0 Å². The maximum atomic E-state index is 12.9. The lowest BCUT2D eigenvalue weighted by molar-refractivity contribution is 0.564. The van der Waals surface area contributed by atoms with Crippen molar-refractivity contribution in [2.75, 3.05) is 6.54 Å². The maximum absolute atomic E-state index is 12.9. The van der Waals surface area contributed by atoms with Crippen molar-refractivity contribution in [3.05, 3.63) is 47.5 Å². The molecule has 0 aliphatic heterocycles. The van der Waals surface area contributed by atoms with Gasteiger partial charge in [-0.1, -0.05) is 6.92 Å². The Hall–Kier alpha value is -1.81. The molecule has 4 heteroatoms. The van der Waals surface area contributed by atoms with Crippen LogP contribution in [0, 0.1) is 12.7 Å². The highest BCUT2D eigenvalue weighted by atomic mass is 19.1. The molecule has 0 aliphatic carbocycles. The van der Waals surface area contributed by atoms with Crippen molar-refractivity contribution in [1.29, 1.82) is 0 Å². The fourth-order valence-corrected chi connectivity index (χ4v) is 2.11. The molecule has 0 aliphatic rings. The number of rotatable bonds is 5.